The average molecular weight is 172 g/mol. The molecule has 1 atom stereocenters. The summed E-state index contributed by atoms with van der Waals surface area (Å²) in [6, 6.07) is 8.48. The van der Waals surface area contributed by atoms with Gasteiger partial charge >= 0.3 is 0 Å². The molecule has 2 nitrogen and oxygen atoms in total. The van der Waals surface area contributed by atoms with Crippen molar-refractivity contribution in [3.8, 4) is 0 Å². The van der Waals surface area contributed by atoms with Crippen molar-refractivity contribution in [1.29, 1.82) is 0 Å². The molecule has 0 aliphatic rings. The highest BCUT2D eigenvalue weighted by molar-refractivity contribution is 7.16. The molecule has 0 aliphatic heterocycles. The van der Waals surface area contributed by atoms with Crippen molar-refractivity contribution in [3.05, 3.63) is 35.4 Å². The zero-order valence-electron chi connectivity index (χ0n) is 6.74. The summed E-state index contributed by atoms with van der Waals surface area (Å²) in [6.07, 6.45) is 0. The molecular formula is C8H13O2P. The Kier molecular flexibility index (Phi) is 5.81. The molecule has 1 aromatic rings. The smallest absolute Gasteiger partial charge is 0.177 e. The molecule has 0 amide bonds. The maximum Gasteiger partial charge on any atom is 0.177 e. The van der Waals surface area contributed by atoms with Gasteiger partial charge in [0.25, 0.3) is 0 Å². The van der Waals surface area contributed by atoms with E-state index in [1.807, 2.05) is 0 Å². The fourth-order valence-corrected chi connectivity index (χ4v) is 0.637. The average Bonchev–Trinajstić information content (AvgIpc) is 1.97. The van der Waals surface area contributed by atoms with Gasteiger partial charge in [0.15, 0.2) is 8.69 Å². The van der Waals surface area contributed by atoms with Crippen LogP contribution >= 0.6 is 8.69 Å². The van der Waals surface area contributed by atoms with Crippen molar-refractivity contribution in [1.82, 2.24) is 0 Å². The highest BCUT2D eigenvalue weighted by atomic mass is 31.1. The Balaban J connectivity index is 0.000000292. The van der Waals surface area contributed by atoms with Gasteiger partial charge in [-0.05, 0) is 13.8 Å². The number of hydrogen-bond donors (Lipinski definition) is 1. The van der Waals surface area contributed by atoms with Crippen LogP contribution in [0.25, 0.3) is 0 Å². The Hall–Kier alpha value is -0.590. The summed E-state index contributed by atoms with van der Waals surface area (Å²) in [5, 5.41) is 0. The lowest BCUT2D eigenvalue weighted by Gasteiger charge is -1.90. The lowest BCUT2D eigenvalue weighted by Crippen LogP contribution is -1.70. The summed E-state index contributed by atoms with van der Waals surface area (Å²) in [4.78, 5) is 7.10. The molecule has 1 N–H and O–H groups in total. The van der Waals surface area contributed by atoms with Gasteiger partial charge in [0.2, 0.25) is 0 Å². The van der Waals surface area contributed by atoms with Crippen LogP contribution in [0.2, 0.25) is 0 Å². The first-order chi connectivity index (χ1) is 5.20. The van der Waals surface area contributed by atoms with Crippen molar-refractivity contribution >= 4 is 8.69 Å². The van der Waals surface area contributed by atoms with Crippen LogP contribution in [0.15, 0.2) is 24.3 Å². The molecule has 0 aromatic heterocycles. The van der Waals surface area contributed by atoms with Crippen molar-refractivity contribution in [2.45, 2.75) is 13.8 Å². The number of aryl methyl sites for hydroxylation is 2. The Morgan fingerprint density at radius 3 is 1.45 bits per heavy atom. The molecule has 0 heterocycles. The number of benzene rings is 1. The minimum absolute atomic E-state index is 1.33. The summed E-state index contributed by atoms with van der Waals surface area (Å²) >= 11 is 0. The third kappa shape index (κ3) is 5.84. The Labute approximate surface area is 68.2 Å². The van der Waals surface area contributed by atoms with Gasteiger partial charge in [0.1, 0.15) is 0 Å². The molecule has 0 spiro atoms. The second-order valence-electron chi connectivity index (χ2n) is 2.26. The molecule has 1 rings (SSSR count). The van der Waals surface area contributed by atoms with Crippen LogP contribution in [0.5, 0.6) is 0 Å². The fraction of sp³-hybridized carbons (Fsp3) is 0.250. The van der Waals surface area contributed by atoms with Crippen LogP contribution in [-0.2, 0) is 4.57 Å². The minimum Gasteiger partial charge on any atom is -0.348 e. The van der Waals surface area contributed by atoms with Gasteiger partial charge in [-0.2, -0.15) is 0 Å². The first-order valence-electron chi connectivity index (χ1n) is 3.32. The molecule has 0 fully saturated rings. The molecular weight excluding hydrogens is 159 g/mol. The summed E-state index contributed by atoms with van der Waals surface area (Å²) < 4.78 is 8.57. The molecule has 0 saturated heterocycles. The summed E-state index contributed by atoms with van der Waals surface area (Å²) in [5.41, 5.74) is 2.66. The third-order valence-electron chi connectivity index (χ3n) is 1.22. The topological polar surface area (TPSA) is 37.3 Å². The van der Waals surface area contributed by atoms with E-state index in [1.165, 1.54) is 11.1 Å². The molecule has 11 heavy (non-hydrogen) atoms. The van der Waals surface area contributed by atoms with Crippen LogP contribution in [0.4, 0.5) is 0 Å². The van der Waals surface area contributed by atoms with Gasteiger partial charge in [-0.1, -0.05) is 35.4 Å². The molecule has 0 bridgehead atoms. The first kappa shape index (κ1) is 10.4. The Morgan fingerprint density at radius 2 is 1.27 bits per heavy atom. The molecule has 62 valence electrons. The maximum atomic E-state index is 8.57. The molecule has 0 saturated carbocycles. The van der Waals surface area contributed by atoms with E-state index < -0.39 is 8.69 Å². The van der Waals surface area contributed by atoms with Crippen molar-refractivity contribution < 1.29 is 9.46 Å². The molecule has 0 aliphatic carbocycles. The molecule has 3 heteroatoms. The van der Waals surface area contributed by atoms with Gasteiger partial charge in [-0.25, -0.2) is 0 Å². The molecule has 0 radical (unpaired) electrons. The van der Waals surface area contributed by atoms with Crippen LogP contribution in [-0.4, -0.2) is 4.89 Å². The standard InChI is InChI=1S/C8H10.H3O2P/c1-7-3-5-8(2)6-4-7;1-3-2/h3-6H,1-2H3;3H2,(H,1,2). The predicted molar refractivity (Wildman–Crippen MR) is 48.5 cm³/mol. The first-order valence-corrected chi connectivity index (χ1v) is 4.30. The quantitative estimate of drug-likeness (QED) is 0.607. The normalized spacial score (nSPS) is 9.36. The van der Waals surface area contributed by atoms with Gasteiger partial charge in [-0.3, -0.25) is 4.57 Å². The van der Waals surface area contributed by atoms with Gasteiger partial charge in [0.05, 0.1) is 0 Å². The van der Waals surface area contributed by atoms with Crippen LogP contribution in [0.3, 0.4) is 0 Å². The van der Waals surface area contributed by atoms with E-state index in [4.69, 9.17) is 9.46 Å². The van der Waals surface area contributed by atoms with E-state index in [9.17, 15) is 0 Å². The molecule has 1 unspecified atom stereocenters. The highest BCUT2D eigenvalue weighted by Gasteiger charge is 1.79. The van der Waals surface area contributed by atoms with Crippen molar-refractivity contribution in [2.75, 3.05) is 0 Å². The van der Waals surface area contributed by atoms with Gasteiger partial charge in [-0.15, -0.1) is 0 Å². The van der Waals surface area contributed by atoms with E-state index >= 15 is 0 Å². The lowest BCUT2D eigenvalue weighted by molar-refractivity contribution is 0.524. The second kappa shape index (κ2) is 6.14. The van der Waals surface area contributed by atoms with Crippen LogP contribution < -0.4 is 0 Å². The van der Waals surface area contributed by atoms with Gasteiger partial charge < -0.3 is 4.89 Å². The van der Waals surface area contributed by atoms with Crippen molar-refractivity contribution in [2.24, 2.45) is 0 Å². The van der Waals surface area contributed by atoms with Crippen LogP contribution in [0, 0.1) is 13.8 Å². The number of hydrogen-bond acceptors (Lipinski definition) is 1. The Bertz CT molecular complexity index is 185. The largest absolute Gasteiger partial charge is 0.348 e. The monoisotopic (exact) mass is 172 g/mol. The van der Waals surface area contributed by atoms with Crippen LogP contribution in [0.1, 0.15) is 11.1 Å². The number of rotatable bonds is 0. The van der Waals surface area contributed by atoms with E-state index in [0.717, 1.165) is 0 Å². The molecule has 1 aromatic carbocycles. The lowest BCUT2D eigenvalue weighted by atomic mass is 10.2. The SMILES string of the molecule is Cc1ccc(C)cc1.O=[PH2]O. The van der Waals surface area contributed by atoms with E-state index in [1.54, 1.807) is 0 Å². The zero-order chi connectivity index (χ0) is 8.69. The summed E-state index contributed by atoms with van der Waals surface area (Å²) in [7, 11) is -1.50. The Morgan fingerprint density at radius 1 is 1.09 bits per heavy atom. The zero-order valence-corrected chi connectivity index (χ0v) is 7.90. The van der Waals surface area contributed by atoms with E-state index in [0.29, 0.717) is 0 Å². The van der Waals surface area contributed by atoms with Crippen molar-refractivity contribution in [3.63, 3.8) is 0 Å². The van der Waals surface area contributed by atoms with Gasteiger partial charge in [0, 0.05) is 0 Å². The van der Waals surface area contributed by atoms with E-state index in [-0.39, 0.29) is 0 Å². The maximum absolute atomic E-state index is 8.57. The third-order valence-corrected chi connectivity index (χ3v) is 1.22. The highest BCUT2D eigenvalue weighted by Crippen LogP contribution is 1.99. The summed E-state index contributed by atoms with van der Waals surface area (Å²) in [5.74, 6) is 0. The second-order valence-corrected chi connectivity index (χ2v) is 2.47. The minimum atomic E-state index is -1.50. The summed E-state index contributed by atoms with van der Waals surface area (Å²) in [6.45, 7) is 4.19. The predicted octanol–water partition coefficient (Wildman–Crippen LogP) is 1.95. The van der Waals surface area contributed by atoms with E-state index in [2.05, 4.69) is 38.1 Å². The fourth-order valence-electron chi connectivity index (χ4n) is 0.637.